The lowest BCUT2D eigenvalue weighted by atomic mass is 9.80. The van der Waals surface area contributed by atoms with Crippen LogP contribution in [0.5, 0.6) is 0 Å². The largest absolute Gasteiger partial charge is 0.296 e. The first-order valence-electron chi connectivity index (χ1n) is 6.01. The summed E-state index contributed by atoms with van der Waals surface area (Å²) in [5.74, 6) is -0.202. The Morgan fingerprint density at radius 1 is 1.47 bits per heavy atom. The summed E-state index contributed by atoms with van der Waals surface area (Å²) in [5.41, 5.74) is 1.20. The van der Waals surface area contributed by atoms with Gasteiger partial charge in [0.2, 0.25) is 11.8 Å². The Bertz CT molecular complexity index is 438. The van der Waals surface area contributed by atoms with Gasteiger partial charge in [-0.15, -0.1) is 11.3 Å². The molecule has 0 spiro atoms. The number of piperidine rings is 1. The Kier molecular flexibility index (Phi) is 3.62. The molecule has 1 N–H and O–H groups in total. The lowest BCUT2D eigenvalue weighted by Gasteiger charge is -2.29. The molecule has 1 aliphatic heterocycles. The first kappa shape index (κ1) is 12.3. The van der Waals surface area contributed by atoms with Crippen molar-refractivity contribution < 1.29 is 9.59 Å². The Morgan fingerprint density at radius 3 is 2.82 bits per heavy atom. The molecule has 92 valence electrons. The van der Waals surface area contributed by atoms with E-state index >= 15 is 0 Å². The fraction of sp³-hybridized carbons (Fsp3) is 0.538. The van der Waals surface area contributed by atoms with Crippen LogP contribution in [0.15, 0.2) is 11.4 Å². The van der Waals surface area contributed by atoms with E-state index in [-0.39, 0.29) is 23.7 Å². The minimum Gasteiger partial charge on any atom is -0.296 e. The number of carbonyl (C=O) groups excluding carboxylic acids is 2. The molecular weight excluding hydrogens is 234 g/mol. The van der Waals surface area contributed by atoms with E-state index in [4.69, 9.17) is 0 Å². The van der Waals surface area contributed by atoms with Gasteiger partial charge in [-0.2, -0.15) is 0 Å². The summed E-state index contributed by atoms with van der Waals surface area (Å²) in [6.45, 7) is 4.12. The fourth-order valence-corrected chi connectivity index (χ4v) is 3.58. The monoisotopic (exact) mass is 251 g/mol. The third-order valence-electron chi connectivity index (χ3n) is 3.33. The smallest absolute Gasteiger partial charge is 0.230 e. The van der Waals surface area contributed by atoms with E-state index in [2.05, 4.69) is 18.3 Å². The fourth-order valence-electron chi connectivity index (χ4n) is 2.49. The maximum atomic E-state index is 11.9. The number of hydrogen-bond donors (Lipinski definition) is 1. The lowest BCUT2D eigenvalue weighted by Crippen LogP contribution is -2.44. The average Bonchev–Trinajstić information content (AvgIpc) is 2.68. The van der Waals surface area contributed by atoms with Crippen LogP contribution < -0.4 is 5.32 Å². The first-order chi connectivity index (χ1) is 8.13. The molecule has 1 fully saturated rings. The van der Waals surface area contributed by atoms with Gasteiger partial charge in [-0.3, -0.25) is 14.9 Å². The van der Waals surface area contributed by atoms with Crippen molar-refractivity contribution in [3.05, 3.63) is 21.9 Å². The van der Waals surface area contributed by atoms with Gasteiger partial charge in [0.15, 0.2) is 0 Å². The van der Waals surface area contributed by atoms with Gasteiger partial charge in [0.25, 0.3) is 0 Å². The minimum atomic E-state index is -0.139. The summed E-state index contributed by atoms with van der Waals surface area (Å²) in [6.07, 6.45) is 2.26. The molecule has 0 radical (unpaired) electrons. The molecule has 1 saturated heterocycles. The van der Waals surface area contributed by atoms with E-state index in [1.165, 1.54) is 10.4 Å². The second-order valence-electron chi connectivity index (χ2n) is 4.59. The Labute approximate surface area is 105 Å². The van der Waals surface area contributed by atoms with Crippen LogP contribution in [0.4, 0.5) is 0 Å². The topological polar surface area (TPSA) is 46.2 Å². The van der Waals surface area contributed by atoms with Crippen molar-refractivity contribution >= 4 is 23.2 Å². The van der Waals surface area contributed by atoms with Crippen LogP contribution in [0.25, 0.3) is 0 Å². The number of hydrogen-bond acceptors (Lipinski definition) is 3. The summed E-state index contributed by atoms with van der Waals surface area (Å²) in [7, 11) is 0. The quantitative estimate of drug-likeness (QED) is 0.839. The number of nitrogens with one attached hydrogen (secondary N) is 1. The number of aryl methyl sites for hydroxylation is 1. The van der Waals surface area contributed by atoms with Crippen LogP contribution in [0, 0.1) is 12.8 Å². The van der Waals surface area contributed by atoms with Crippen molar-refractivity contribution in [2.45, 2.75) is 39.0 Å². The highest BCUT2D eigenvalue weighted by atomic mass is 32.1. The number of imide groups is 1. The van der Waals surface area contributed by atoms with Gasteiger partial charge in [-0.25, -0.2) is 0 Å². The molecule has 0 bridgehead atoms. The van der Waals surface area contributed by atoms with E-state index in [9.17, 15) is 9.59 Å². The maximum Gasteiger partial charge on any atom is 0.230 e. The maximum absolute atomic E-state index is 11.9. The number of amides is 2. The van der Waals surface area contributed by atoms with E-state index in [1.54, 1.807) is 11.3 Å². The number of thiophene rings is 1. The molecule has 2 amide bonds. The van der Waals surface area contributed by atoms with Crippen molar-refractivity contribution in [2.75, 3.05) is 0 Å². The second-order valence-corrected chi connectivity index (χ2v) is 5.53. The number of rotatable bonds is 3. The van der Waals surface area contributed by atoms with Crippen molar-refractivity contribution in [2.24, 2.45) is 5.92 Å². The SMILES string of the molecule is CCCC1C(=O)NC(=O)CC1c1sccc1C. The third kappa shape index (κ3) is 2.41. The number of carbonyl (C=O) groups is 2. The standard InChI is InChI=1S/C13H17NO2S/c1-3-4-9-10(7-11(15)14-13(9)16)12-8(2)5-6-17-12/h5-6,9-10H,3-4,7H2,1-2H3,(H,14,15,16). The summed E-state index contributed by atoms with van der Waals surface area (Å²) >= 11 is 1.66. The molecule has 2 rings (SSSR count). The molecule has 1 aromatic heterocycles. The summed E-state index contributed by atoms with van der Waals surface area (Å²) in [4.78, 5) is 24.6. The van der Waals surface area contributed by atoms with Crippen LogP contribution in [0.1, 0.15) is 42.5 Å². The Hall–Kier alpha value is -1.16. The van der Waals surface area contributed by atoms with Crippen LogP contribution >= 0.6 is 11.3 Å². The molecule has 1 aromatic rings. The van der Waals surface area contributed by atoms with Crippen molar-refractivity contribution in [3.8, 4) is 0 Å². The van der Waals surface area contributed by atoms with Gasteiger partial charge in [0.1, 0.15) is 0 Å². The molecule has 2 heterocycles. The molecule has 2 unspecified atom stereocenters. The molecule has 3 nitrogen and oxygen atoms in total. The molecule has 2 atom stereocenters. The van der Waals surface area contributed by atoms with Gasteiger partial charge >= 0.3 is 0 Å². The summed E-state index contributed by atoms with van der Waals surface area (Å²) in [5, 5.41) is 4.48. The third-order valence-corrected chi connectivity index (χ3v) is 4.48. The summed E-state index contributed by atoms with van der Waals surface area (Å²) < 4.78 is 0. The Balaban J connectivity index is 2.30. The van der Waals surface area contributed by atoms with E-state index in [1.807, 2.05) is 12.3 Å². The lowest BCUT2D eigenvalue weighted by molar-refractivity contribution is -0.137. The van der Waals surface area contributed by atoms with Crippen LogP contribution in [0.2, 0.25) is 0 Å². The normalized spacial score (nSPS) is 24.8. The molecule has 0 aromatic carbocycles. The molecule has 17 heavy (non-hydrogen) atoms. The predicted molar refractivity (Wildman–Crippen MR) is 68.0 cm³/mol. The Morgan fingerprint density at radius 2 is 2.24 bits per heavy atom. The van der Waals surface area contributed by atoms with Crippen LogP contribution in [-0.4, -0.2) is 11.8 Å². The first-order valence-corrected chi connectivity index (χ1v) is 6.89. The molecular formula is C13H17NO2S. The summed E-state index contributed by atoms with van der Waals surface area (Å²) in [6, 6.07) is 2.06. The van der Waals surface area contributed by atoms with Crippen molar-refractivity contribution in [1.82, 2.24) is 5.32 Å². The zero-order valence-electron chi connectivity index (χ0n) is 10.2. The highest BCUT2D eigenvalue weighted by molar-refractivity contribution is 7.10. The van der Waals surface area contributed by atoms with Gasteiger partial charge in [0, 0.05) is 23.1 Å². The molecule has 0 aliphatic carbocycles. The molecule has 0 saturated carbocycles. The second kappa shape index (κ2) is 5.00. The average molecular weight is 251 g/mol. The minimum absolute atomic E-state index is 0.0463. The van der Waals surface area contributed by atoms with Crippen molar-refractivity contribution in [3.63, 3.8) is 0 Å². The van der Waals surface area contributed by atoms with E-state index in [0.717, 1.165) is 12.8 Å². The zero-order chi connectivity index (χ0) is 12.4. The molecule has 4 heteroatoms. The van der Waals surface area contributed by atoms with Gasteiger partial charge < -0.3 is 0 Å². The zero-order valence-corrected chi connectivity index (χ0v) is 11.0. The van der Waals surface area contributed by atoms with E-state index in [0.29, 0.717) is 6.42 Å². The predicted octanol–water partition coefficient (Wildman–Crippen LogP) is 2.60. The van der Waals surface area contributed by atoms with Gasteiger partial charge in [-0.05, 0) is 30.4 Å². The van der Waals surface area contributed by atoms with Crippen LogP contribution in [-0.2, 0) is 9.59 Å². The van der Waals surface area contributed by atoms with Crippen molar-refractivity contribution in [1.29, 1.82) is 0 Å². The highest BCUT2D eigenvalue weighted by Crippen LogP contribution is 2.38. The van der Waals surface area contributed by atoms with Gasteiger partial charge in [-0.1, -0.05) is 13.3 Å². The van der Waals surface area contributed by atoms with Crippen LogP contribution in [0.3, 0.4) is 0 Å². The molecule has 1 aliphatic rings. The van der Waals surface area contributed by atoms with E-state index < -0.39 is 0 Å². The van der Waals surface area contributed by atoms with Gasteiger partial charge in [0.05, 0.1) is 0 Å². The highest BCUT2D eigenvalue weighted by Gasteiger charge is 2.37.